The molecular formula is C15H19N5O. The fraction of sp³-hybridized carbons (Fsp3) is 0.400. The number of rotatable bonds is 4. The monoisotopic (exact) mass is 285 g/mol. The Labute approximate surface area is 124 Å². The maximum atomic E-state index is 5.37. The summed E-state index contributed by atoms with van der Waals surface area (Å²) in [5.74, 6) is 1.83. The SMILES string of the molecule is Cc1nccnc1NCc1ccnc(N2CCOCC2)c1. The number of pyridine rings is 1. The number of hydrogen-bond donors (Lipinski definition) is 1. The zero-order valence-corrected chi connectivity index (χ0v) is 12.1. The van der Waals surface area contributed by atoms with Gasteiger partial charge in [0.05, 0.1) is 18.9 Å². The fourth-order valence-corrected chi connectivity index (χ4v) is 2.30. The van der Waals surface area contributed by atoms with Gasteiger partial charge in [-0.2, -0.15) is 0 Å². The highest BCUT2D eigenvalue weighted by Crippen LogP contribution is 2.15. The summed E-state index contributed by atoms with van der Waals surface area (Å²) in [5.41, 5.74) is 2.08. The van der Waals surface area contributed by atoms with Gasteiger partial charge in [-0.25, -0.2) is 9.97 Å². The molecule has 0 unspecified atom stereocenters. The lowest BCUT2D eigenvalue weighted by atomic mass is 10.2. The second kappa shape index (κ2) is 6.49. The van der Waals surface area contributed by atoms with Crippen LogP contribution >= 0.6 is 0 Å². The van der Waals surface area contributed by atoms with Crippen LogP contribution in [0, 0.1) is 6.92 Å². The van der Waals surface area contributed by atoms with E-state index in [0.29, 0.717) is 6.54 Å². The minimum absolute atomic E-state index is 0.708. The minimum Gasteiger partial charge on any atom is -0.378 e. The first-order valence-electron chi connectivity index (χ1n) is 7.12. The Morgan fingerprint density at radius 3 is 2.76 bits per heavy atom. The number of ether oxygens (including phenoxy) is 1. The maximum absolute atomic E-state index is 5.37. The van der Waals surface area contributed by atoms with Crippen molar-refractivity contribution in [1.82, 2.24) is 15.0 Å². The minimum atomic E-state index is 0.708. The number of anilines is 2. The van der Waals surface area contributed by atoms with Crippen molar-refractivity contribution in [2.75, 3.05) is 36.5 Å². The summed E-state index contributed by atoms with van der Waals surface area (Å²) >= 11 is 0. The summed E-state index contributed by atoms with van der Waals surface area (Å²) in [7, 11) is 0. The second-order valence-corrected chi connectivity index (χ2v) is 4.97. The molecule has 2 aromatic rings. The largest absolute Gasteiger partial charge is 0.378 e. The van der Waals surface area contributed by atoms with Gasteiger partial charge in [-0.15, -0.1) is 0 Å². The summed E-state index contributed by atoms with van der Waals surface area (Å²) in [6.45, 7) is 5.98. The van der Waals surface area contributed by atoms with Gasteiger partial charge in [-0.3, -0.25) is 4.98 Å². The highest BCUT2D eigenvalue weighted by Gasteiger charge is 2.12. The summed E-state index contributed by atoms with van der Waals surface area (Å²) in [6, 6.07) is 4.13. The molecule has 110 valence electrons. The van der Waals surface area contributed by atoms with E-state index >= 15 is 0 Å². The molecule has 0 saturated carbocycles. The quantitative estimate of drug-likeness (QED) is 0.921. The first-order chi connectivity index (χ1) is 10.3. The first-order valence-corrected chi connectivity index (χ1v) is 7.12. The predicted molar refractivity (Wildman–Crippen MR) is 81.4 cm³/mol. The van der Waals surface area contributed by atoms with E-state index in [4.69, 9.17) is 4.74 Å². The highest BCUT2D eigenvalue weighted by molar-refractivity contribution is 5.44. The van der Waals surface area contributed by atoms with E-state index in [-0.39, 0.29) is 0 Å². The van der Waals surface area contributed by atoms with Crippen LogP contribution in [0.4, 0.5) is 11.6 Å². The third kappa shape index (κ3) is 3.46. The molecule has 0 spiro atoms. The van der Waals surface area contributed by atoms with E-state index < -0.39 is 0 Å². The van der Waals surface area contributed by atoms with Gasteiger partial charge < -0.3 is 15.0 Å². The van der Waals surface area contributed by atoms with E-state index in [9.17, 15) is 0 Å². The second-order valence-electron chi connectivity index (χ2n) is 4.97. The third-order valence-electron chi connectivity index (χ3n) is 3.49. The van der Waals surface area contributed by atoms with Crippen molar-refractivity contribution in [3.63, 3.8) is 0 Å². The van der Waals surface area contributed by atoms with Crippen molar-refractivity contribution in [3.05, 3.63) is 42.0 Å². The molecule has 3 heterocycles. The molecule has 0 bridgehead atoms. The van der Waals surface area contributed by atoms with E-state index in [2.05, 4.69) is 31.2 Å². The lowest BCUT2D eigenvalue weighted by Gasteiger charge is -2.28. The number of nitrogens with zero attached hydrogens (tertiary/aromatic N) is 4. The average molecular weight is 285 g/mol. The molecular weight excluding hydrogens is 266 g/mol. The van der Waals surface area contributed by atoms with Crippen LogP contribution in [0.25, 0.3) is 0 Å². The lowest BCUT2D eigenvalue weighted by Crippen LogP contribution is -2.36. The normalized spacial score (nSPS) is 15.0. The van der Waals surface area contributed by atoms with Crippen molar-refractivity contribution in [2.45, 2.75) is 13.5 Å². The summed E-state index contributed by atoms with van der Waals surface area (Å²) in [4.78, 5) is 15.2. The molecule has 3 rings (SSSR count). The van der Waals surface area contributed by atoms with Crippen LogP contribution in [0.15, 0.2) is 30.7 Å². The Kier molecular flexibility index (Phi) is 4.25. The summed E-state index contributed by atoms with van der Waals surface area (Å²) in [5, 5.41) is 3.31. The van der Waals surface area contributed by atoms with Crippen LogP contribution in [-0.4, -0.2) is 41.3 Å². The molecule has 0 atom stereocenters. The number of hydrogen-bond acceptors (Lipinski definition) is 6. The molecule has 1 aliphatic rings. The molecule has 1 N–H and O–H groups in total. The molecule has 2 aromatic heterocycles. The zero-order valence-electron chi connectivity index (χ0n) is 12.1. The summed E-state index contributed by atoms with van der Waals surface area (Å²) in [6.07, 6.45) is 5.25. The van der Waals surface area contributed by atoms with Crippen molar-refractivity contribution < 1.29 is 4.74 Å². The molecule has 1 saturated heterocycles. The Balaban J connectivity index is 1.67. The van der Waals surface area contributed by atoms with Crippen molar-refractivity contribution in [3.8, 4) is 0 Å². The predicted octanol–water partition coefficient (Wildman–Crippen LogP) is 1.63. The smallest absolute Gasteiger partial charge is 0.147 e. The van der Waals surface area contributed by atoms with E-state index in [1.807, 2.05) is 19.2 Å². The molecule has 0 aromatic carbocycles. The molecule has 1 aliphatic heterocycles. The van der Waals surface area contributed by atoms with Crippen LogP contribution in [0.1, 0.15) is 11.3 Å². The van der Waals surface area contributed by atoms with E-state index in [0.717, 1.165) is 43.6 Å². The number of morpholine rings is 1. The number of aromatic nitrogens is 3. The van der Waals surface area contributed by atoms with Crippen molar-refractivity contribution in [1.29, 1.82) is 0 Å². The van der Waals surface area contributed by atoms with Crippen LogP contribution < -0.4 is 10.2 Å². The molecule has 6 nitrogen and oxygen atoms in total. The standard InChI is InChI=1S/C15H19N5O/c1-12-15(18-5-4-16-12)19-11-13-2-3-17-14(10-13)20-6-8-21-9-7-20/h2-5,10H,6-9,11H2,1H3,(H,18,19). The van der Waals surface area contributed by atoms with Gasteiger partial charge >= 0.3 is 0 Å². The average Bonchev–Trinajstić information content (AvgIpc) is 2.55. The van der Waals surface area contributed by atoms with Crippen molar-refractivity contribution in [2.24, 2.45) is 0 Å². The number of nitrogens with one attached hydrogen (secondary N) is 1. The van der Waals surface area contributed by atoms with E-state index in [1.54, 1.807) is 12.4 Å². The van der Waals surface area contributed by atoms with Gasteiger partial charge in [0.15, 0.2) is 0 Å². The zero-order chi connectivity index (χ0) is 14.5. The topological polar surface area (TPSA) is 63.2 Å². The molecule has 21 heavy (non-hydrogen) atoms. The van der Waals surface area contributed by atoms with Gasteiger partial charge in [-0.1, -0.05) is 0 Å². The van der Waals surface area contributed by atoms with E-state index in [1.165, 1.54) is 5.56 Å². The Bertz CT molecular complexity index is 598. The first kappa shape index (κ1) is 13.8. The van der Waals surface area contributed by atoms with Crippen LogP contribution in [0.5, 0.6) is 0 Å². The fourth-order valence-electron chi connectivity index (χ4n) is 2.30. The van der Waals surface area contributed by atoms with Crippen molar-refractivity contribution >= 4 is 11.6 Å². The van der Waals surface area contributed by atoms with Gasteiger partial charge in [0.1, 0.15) is 11.6 Å². The van der Waals surface area contributed by atoms with Gasteiger partial charge in [0, 0.05) is 38.2 Å². The van der Waals surface area contributed by atoms with Gasteiger partial charge in [0.25, 0.3) is 0 Å². The maximum Gasteiger partial charge on any atom is 0.147 e. The lowest BCUT2D eigenvalue weighted by molar-refractivity contribution is 0.122. The molecule has 0 amide bonds. The molecule has 6 heteroatoms. The van der Waals surface area contributed by atoms with Gasteiger partial charge in [-0.05, 0) is 24.6 Å². The third-order valence-corrected chi connectivity index (χ3v) is 3.49. The number of aryl methyl sites for hydroxylation is 1. The Morgan fingerprint density at radius 2 is 1.95 bits per heavy atom. The van der Waals surface area contributed by atoms with Crippen LogP contribution in [-0.2, 0) is 11.3 Å². The van der Waals surface area contributed by atoms with Crippen LogP contribution in [0.3, 0.4) is 0 Å². The molecule has 0 radical (unpaired) electrons. The molecule has 1 fully saturated rings. The van der Waals surface area contributed by atoms with Gasteiger partial charge in [0.2, 0.25) is 0 Å². The Morgan fingerprint density at radius 1 is 1.14 bits per heavy atom. The molecule has 0 aliphatic carbocycles. The highest BCUT2D eigenvalue weighted by atomic mass is 16.5. The Hall–Kier alpha value is -2.21. The van der Waals surface area contributed by atoms with Crippen LogP contribution in [0.2, 0.25) is 0 Å². The summed E-state index contributed by atoms with van der Waals surface area (Å²) < 4.78 is 5.37.